The summed E-state index contributed by atoms with van der Waals surface area (Å²) in [4.78, 5) is 11.4. The number of ether oxygens (including phenoxy) is 1. The smallest absolute Gasteiger partial charge is 0.220 e. The van der Waals surface area contributed by atoms with Gasteiger partial charge in [-0.25, -0.2) is 0 Å². The summed E-state index contributed by atoms with van der Waals surface area (Å²) in [6, 6.07) is 12.4. The van der Waals surface area contributed by atoms with Gasteiger partial charge in [0.05, 0.1) is 10.6 Å². The third-order valence-electron chi connectivity index (χ3n) is 2.42. The Morgan fingerprint density at radius 2 is 1.89 bits per heavy atom. The van der Waals surface area contributed by atoms with Crippen LogP contribution in [0.2, 0.25) is 5.02 Å². The van der Waals surface area contributed by atoms with Gasteiger partial charge in [0.1, 0.15) is 11.5 Å². The maximum Gasteiger partial charge on any atom is 0.220 e. The lowest BCUT2D eigenvalue weighted by atomic mass is 10.1. The molecule has 2 nitrogen and oxygen atoms in total. The van der Waals surface area contributed by atoms with Crippen LogP contribution in [0.5, 0.6) is 11.5 Å². The minimum absolute atomic E-state index is 0.336. The number of benzene rings is 2. The van der Waals surface area contributed by atoms with Crippen molar-refractivity contribution in [3.8, 4) is 11.5 Å². The molecule has 0 amide bonds. The first-order chi connectivity index (χ1) is 8.58. The molecule has 0 bridgehead atoms. The van der Waals surface area contributed by atoms with Crippen molar-refractivity contribution in [2.75, 3.05) is 0 Å². The Labute approximate surface area is 116 Å². The molecule has 0 aromatic heterocycles. The minimum Gasteiger partial charge on any atom is -0.455 e. The van der Waals surface area contributed by atoms with E-state index in [1.54, 1.807) is 24.3 Å². The van der Waals surface area contributed by atoms with E-state index in [2.05, 4.69) is 12.6 Å². The normalized spacial score (nSPS) is 10.2. The molecule has 2 aromatic rings. The molecule has 92 valence electrons. The quantitative estimate of drug-likeness (QED) is 0.836. The average Bonchev–Trinajstić information content (AvgIpc) is 2.32. The molecule has 0 spiro atoms. The van der Waals surface area contributed by atoms with E-state index in [0.717, 1.165) is 5.56 Å². The predicted molar refractivity (Wildman–Crippen MR) is 76.0 cm³/mol. The largest absolute Gasteiger partial charge is 0.455 e. The van der Waals surface area contributed by atoms with Crippen LogP contribution in [-0.4, -0.2) is 5.12 Å². The number of para-hydroxylation sites is 1. The van der Waals surface area contributed by atoms with E-state index in [1.165, 1.54) is 0 Å². The number of rotatable bonds is 3. The van der Waals surface area contributed by atoms with Crippen LogP contribution < -0.4 is 4.74 Å². The van der Waals surface area contributed by atoms with Crippen LogP contribution in [0.15, 0.2) is 42.5 Å². The molecule has 0 radical (unpaired) electrons. The highest BCUT2D eigenvalue weighted by Crippen LogP contribution is 2.32. The first-order valence-electron chi connectivity index (χ1n) is 5.34. The highest BCUT2D eigenvalue weighted by molar-refractivity contribution is 7.97. The molecule has 0 N–H and O–H groups in total. The Bertz CT molecular complexity index is 596. The lowest BCUT2D eigenvalue weighted by Crippen LogP contribution is -1.96. The van der Waals surface area contributed by atoms with E-state index in [9.17, 15) is 4.79 Å². The molecule has 0 aliphatic rings. The summed E-state index contributed by atoms with van der Waals surface area (Å²) in [5, 5.41) is 0.161. The number of halogens is 1. The maximum absolute atomic E-state index is 11.4. The number of aryl methyl sites for hydroxylation is 1. The molecular formula is C14H11ClO2S. The SMILES string of the molecule is Cc1ccc(C(=O)S)c(Oc2ccccc2Cl)c1. The fourth-order valence-corrected chi connectivity index (χ4v) is 1.90. The van der Waals surface area contributed by atoms with Gasteiger partial charge in [-0.3, -0.25) is 4.79 Å². The van der Waals surface area contributed by atoms with Crippen LogP contribution >= 0.6 is 24.2 Å². The zero-order valence-electron chi connectivity index (χ0n) is 9.68. The van der Waals surface area contributed by atoms with Gasteiger partial charge < -0.3 is 4.74 Å². The van der Waals surface area contributed by atoms with Crippen molar-refractivity contribution in [3.63, 3.8) is 0 Å². The Morgan fingerprint density at radius 3 is 2.56 bits per heavy atom. The molecule has 4 heteroatoms. The molecule has 0 unspecified atom stereocenters. The van der Waals surface area contributed by atoms with Crippen LogP contribution in [0.25, 0.3) is 0 Å². The maximum atomic E-state index is 11.4. The van der Waals surface area contributed by atoms with E-state index >= 15 is 0 Å². The van der Waals surface area contributed by atoms with Crippen molar-refractivity contribution in [3.05, 3.63) is 58.6 Å². The zero-order chi connectivity index (χ0) is 13.1. The summed E-state index contributed by atoms with van der Waals surface area (Å²) in [7, 11) is 0. The summed E-state index contributed by atoms with van der Waals surface area (Å²) >= 11 is 9.85. The zero-order valence-corrected chi connectivity index (χ0v) is 11.3. The highest BCUT2D eigenvalue weighted by Gasteiger charge is 2.11. The summed E-state index contributed by atoms with van der Waals surface area (Å²) < 4.78 is 5.68. The van der Waals surface area contributed by atoms with Crippen LogP contribution in [0.4, 0.5) is 0 Å². The van der Waals surface area contributed by atoms with Crippen molar-refractivity contribution < 1.29 is 9.53 Å². The molecule has 0 heterocycles. The van der Waals surface area contributed by atoms with Crippen molar-refractivity contribution in [2.24, 2.45) is 0 Å². The first-order valence-corrected chi connectivity index (χ1v) is 6.17. The second-order valence-corrected chi connectivity index (χ2v) is 4.65. The molecule has 2 rings (SSSR count). The topological polar surface area (TPSA) is 26.3 Å². The second-order valence-electron chi connectivity index (χ2n) is 3.84. The number of carbonyl (C=O) groups excluding carboxylic acids is 1. The fourth-order valence-electron chi connectivity index (χ4n) is 1.54. The third kappa shape index (κ3) is 2.86. The Morgan fingerprint density at radius 1 is 1.17 bits per heavy atom. The molecule has 0 saturated carbocycles. The number of hydrogen-bond donors (Lipinski definition) is 1. The van der Waals surface area contributed by atoms with Gasteiger partial charge >= 0.3 is 0 Å². The van der Waals surface area contributed by atoms with E-state index in [-0.39, 0.29) is 5.12 Å². The molecule has 0 aliphatic heterocycles. The fraction of sp³-hybridized carbons (Fsp3) is 0.0714. The summed E-state index contributed by atoms with van der Waals surface area (Å²) in [6.45, 7) is 1.92. The highest BCUT2D eigenvalue weighted by atomic mass is 35.5. The van der Waals surface area contributed by atoms with Crippen LogP contribution in [0, 0.1) is 6.92 Å². The van der Waals surface area contributed by atoms with Gasteiger partial charge in [0, 0.05) is 0 Å². The van der Waals surface area contributed by atoms with Gasteiger partial charge in [-0.15, -0.1) is 12.6 Å². The molecule has 18 heavy (non-hydrogen) atoms. The van der Waals surface area contributed by atoms with Gasteiger partial charge in [0.25, 0.3) is 0 Å². The van der Waals surface area contributed by atoms with E-state index in [1.807, 2.05) is 25.1 Å². The average molecular weight is 279 g/mol. The Balaban J connectivity index is 2.42. The third-order valence-corrected chi connectivity index (χ3v) is 2.98. The Hall–Kier alpha value is -1.45. The van der Waals surface area contributed by atoms with Gasteiger partial charge in [-0.05, 0) is 36.8 Å². The summed E-state index contributed by atoms with van der Waals surface area (Å²) in [6.07, 6.45) is 0. The lowest BCUT2D eigenvalue weighted by molar-refractivity contribution is 0.108. The van der Waals surface area contributed by atoms with E-state index in [0.29, 0.717) is 22.1 Å². The van der Waals surface area contributed by atoms with Crippen molar-refractivity contribution in [2.45, 2.75) is 6.92 Å². The van der Waals surface area contributed by atoms with Crippen molar-refractivity contribution in [1.82, 2.24) is 0 Å². The van der Waals surface area contributed by atoms with Crippen molar-refractivity contribution in [1.29, 1.82) is 0 Å². The lowest BCUT2D eigenvalue weighted by Gasteiger charge is -2.11. The number of carbonyl (C=O) groups is 1. The van der Waals surface area contributed by atoms with Gasteiger partial charge in [0.15, 0.2) is 0 Å². The molecule has 0 fully saturated rings. The predicted octanol–water partition coefficient (Wildman–Crippen LogP) is 4.51. The molecule has 0 saturated heterocycles. The van der Waals surface area contributed by atoms with Crippen LogP contribution in [0.3, 0.4) is 0 Å². The summed E-state index contributed by atoms with van der Waals surface area (Å²) in [5.41, 5.74) is 1.42. The standard InChI is InChI=1S/C14H11ClO2S/c1-9-6-7-10(14(16)18)13(8-9)17-12-5-3-2-4-11(12)15/h2-8H,1H3,(H,16,18). The monoisotopic (exact) mass is 278 g/mol. The molecule has 2 aromatic carbocycles. The van der Waals surface area contributed by atoms with Crippen LogP contribution in [0.1, 0.15) is 15.9 Å². The Kier molecular flexibility index (Phi) is 3.94. The molecule has 0 atom stereocenters. The van der Waals surface area contributed by atoms with Gasteiger partial charge in [0.2, 0.25) is 5.12 Å². The van der Waals surface area contributed by atoms with Gasteiger partial charge in [-0.1, -0.05) is 29.8 Å². The number of hydrogen-bond acceptors (Lipinski definition) is 2. The first kappa shape index (κ1) is 13.0. The number of thiol groups is 1. The summed E-state index contributed by atoms with van der Waals surface area (Å²) in [5.74, 6) is 0.976. The van der Waals surface area contributed by atoms with Crippen LogP contribution in [-0.2, 0) is 0 Å². The molecule has 0 aliphatic carbocycles. The van der Waals surface area contributed by atoms with Gasteiger partial charge in [-0.2, -0.15) is 0 Å². The van der Waals surface area contributed by atoms with E-state index < -0.39 is 0 Å². The minimum atomic E-state index is -0.336. The van der Waals surface area contributed by atoms with Crippen molar-refractivity contribution >= 4 is 29.3 Å². The molecular weight excluding hydrogens is 268 g/mol. The second kappa shape index (κ2) is 5.46. The van der Waals surface area contributed by atoms with E-state index in [4.69, 9.17) is 16.3 Å².